The summed E-state index contributed by atoms with van der Waals surface area (Å²) in [7, 11) is 0. The standard InChI is InChI=1S/C18H30N4O7/c1-3-10(2)15(21-16(26)11(19)6-7-14(24)25)17(27)20-9-13(23)22-8-4-5-12(22)18(28)29/h10-12,15H,3-9,19H2,1-2H3,(H,20,27)(H,21,26)(H,24,25)(H,28,29). The van der Waals surface area contributed by atoms with Gasteiger partial charge in [0, 0.05) is 13.0 Å². The summed E-state index contributed by atoms with van der Waals surface area (Å²) in [5.74, 6) is -4.16. The lowest BCUT2D eigenvalue weighted by atomic mass is 9.97. The number of hydrogen-bond acceptors (Lipinski definition) is 6. The van der Waals surface area contributed by atoms with Gasteiger partial charge in [0.05, 0.1) is 12.6 Å². The summed E-state index contributed by atoms with van der Waals surface area (Å²) < 4.78 is 0. The number of carbonyl (C=O) groups is 5. The maximum Gasteiger partial charge on any atom is 0.326 e. The van der Waals surface area contributed by atoms with E-state index >= 15 is 0 Å². The minimum atomic E-state index is -1.08. The molecule has 6 N–H and O–H groups in total. The highest BCUT2D eigenvalue weighted by Gasteiger charge is 2.34. The number of carbonyl (C=O) groups excluding carboxylic acids is 3. The van der Waals surface area contributed by atoms with Gasteiger partial charge in [0.25, 0.3) is 0 Å². The lowest BCUT2D eigenvalue weighted by Crippen LogP contribution is -2.55. The first-order valence-corrected chi connectivity index (χ1v) is 9.66. The molecule has 0 spiro atoms. The Morgan fingerprint density at radius 1 is 1.17 bits per heavy atom. The van der Waals surface area contributed by atoms with E-state index in [-0.39, 0.29) is 25.3 Å². The van der Waals surface area contributed by atoms with Crippen LogP contribution in [0.1, 0.15) is 46.0 Å². The number of carboxylic acid groups (broad SMARTS) is 2. The van der Waals surface area contributed by atoms with Gasteiger partial charge in [-0.1, -0.05) is 20.3 Å². The van der Waals surface area contributed by atoms with E-state index in [2.05, 4.69) is 10.6 Å². The highest BCUT2D eigenvalue weighted by molar-refractivity contribution is 5.93. The van der Waals surface area contributed by atoms with E-state index in [0.29, 0.717) is 25.8 Å². The largest absolute Gasteiger partial charge is 0.481 e. The predicted octanol–water partition coefficient (Wildman–Crippen LogP) is -1.10. The Balaban J connectivity index is 2.67. The molecule has 0 aromatic heterocycles. The zero-order chi connectivity index (χ0) is 22.1. The molecule has 164 valence electrons. The Bertz CT molecular complexity index is 640. The van der Waals surface area contributed by atoms with Gasteiger partial charge in [-0.3, -0.25) is 19.2 Å². The van der Waals surface area contributed by atoms with Crippen molar-refractivity contribution in [3.63, 3.8) is 0 Å². The number of rotatable bonds is 11. The predicted molar refractivity (Wildman–Crippen MR) is 102 cm³/mol. The van der Waals surface area contributed by atoms with E-state index in [4.69, 9.17) is 15.9 Å². The second-order valence-corrected chi connectivity index (χ2v) is 7.21. The van der Waals surface area contributed by atoms with Crippen LogP contribution in [0.15, 0.2) is 0 Å². The first kappa shape index (κ1) is 24.3. The molecular formula is C18H30N4O7. The van der Waals surface area contributed by atoms with Crippen molar-refractivity contribution in [1.82, 2.24) is 15.5 Å². The number of carboxylic acids is 2. The number of likely N-dealkylation sites (tertiary alicyclic amines) is 1. The van der Waals surface area contributed by atoms with Crippen LogP contribution in [0.4, 0.5) is 0 Å². The highest BCUT2D eigenvalue weighted by atomic mass is 16.4. The van der Waals surface area contributed by atoms with Crippen molar-refractivity contribution in [2.24, 2.45) is 11.7 Å². The van der Waals surface area contributed by atoms with Gasteiger partial charge in [0.2, 0.25) is 17.7 Å². The highest BCUT2D eigenvalue weighted by Crippen LogP contribution is 2.17. The number of nitrogens with two attached hydrogens (primary N) is 1. The van der Waals surface area contributed by atoms with E-state index in [9.17, 15) is 24.0 Å². The fourth-order valence-corrected chi connectivity index (χ4v) is 3.07. The maximum atomic E-state index is 12.6. The normalized spacial score (nSPS) is 19.1. The number of amides is 3. The van der Waals surface area contributed by atoms with Crippen LogP contribution < -0.4 is 16.4 Å². The molecule has 1 aliphatic heterocycles. The van der Waals surface area contributed by atoms with Crippen molar-refractivity contribution < 1.29 is 34.2 Å². The molecule has 3 amide bonds. The number of nitrogens with zero attached hydrogens (tertiary/aromatic N) is 1. The molecule has 0 aliphatic carbocycles. The summed E-state index contributed by atoms with van der Waals surface area (Å²) in [6, 6.07) is -2.92. The first-order valence-electron chi connectivity index (χ1n) is 9.66. The average Bonchev–Trinajstić information content (AvgIpc) is 3.17. The zero-order valence-corrected chi connectivity index (χ0v) is 16.7. The third-order valence-electron chi connectivity index (χ3n) is 5.07. The Labute approximate surface area is 169 Å². The molecule has 11 nitrogen and oxygen atoms in total. The first-order chi connectivity index (χ1) is 13.6. The van der Waals surface area contributed by atoms with Crippen molar-refractivity contribution in [2.45, 2.75) is 64.1 Å². The molecule has 1 rings (SSSR count). The molecule has 1 fully saturated rings. The second kappa shape index (κ2) is 11.3. The summed E-state index contributed by atoms with van der Waals surface area (Å²) in [6.07, 6.45) is 1.17. The molecule has 0 bridgehead atoms. The Morgan fingerprint density at radius 2 is 1.83 bits per heavy atom. The fourth-order valence-electron chi connectivity index (χ4n) is 3.07. The Kier molecular flexibility index (Phi) is 9.53. The van der Waals surface area contributed by atoms with Gasteiger partial charge in [0.15, 0.2) is 0 Å². The van der Waals surface area contributed by atoms with Crippen molar-refractivity contribution in [2.75, 3.05) is 13.1 Å². The summed E-state index contributed by atoms with van der Waals surface area (Å²) in [5.41, 5.74) is 5.68. The molecule has 0 radical (unpaired) electrons. The number of hydrogen-bond donors (Lipinski definition) is 5. The van der Waals surface area contributed by atoms with E-state index in [1.165, 1.54) is 4.90 Å². The minimum Gasteiger partial charge on any atom is -0.481 e. The number of aliphatic carboxylic acids is 2. The molecule has 1 aliphatic rings. The van der Waals surface area contributed by atoms with Crippen LogP contribution in [-0.2, 0) is 24.0 Å². The molecule has 11 heteroatoms. The van der Waals surface area contributed by atoms with Crippen LogP contribution in [0.5, 0.6) is 0 Å². The van der Waals surface area contributed by atoms with Crippen molar-refractivity contribution >= 4 is 29.7 Å². The summed E-state index contributed by atoms with van der Waals surface area (Å²) in [4.78, 5) is 60.1. The van der Waals surface area contributed by atoms with Crippen molar-refractivity contribution in [3.8, 4) is 0 Å². The molecule has 0 aromatic carbocycles. The SMILES string of the molecule is CCC(C)C(NC(=O)C(N)CCC(=O)O)C(=O)NCC(=O)N1CCCC1C(=O)O. The quantitative estimate of drug-likeness (QED) is 0.283. The molecule has 1 saturated heterocycles. The van der Waals surface area contributed by atoms with E-state index in [1.807, 2.05) is 6.92 Å². The third-order valence-corrected chi connectivity index (χ3v) is 5.07. The minimum absolute atomic E-state index is 0.0694. The Morgan fingerprint density at radius 3 is 2.38 bits per heavy atom. The van der Waals surface area contributed by atoms with E-state index < -0.39 is 47.8 Å². The molecule has 0 aromatic rings. The van der Waals surface area contributed by atoms with Gasteiger partial charge >= 0.3 is 11.9 Å². The summed E-state index contributed by atoms with van der Waals surface area (Å²) in [5, 5.41) is 22.8. The maximum absolute atomic E-state index is 12.6. The average molecular weight is 414 g/mol. The van der Waals surface area contributed by atoms with E-state index in [0.717, 1.165) is 0 Å². The smallest absolute Gasteiger partial charge is 0.326 e. The monoisotopic (exact) mass is 414 g/mol. The number of nitrogens with one attached hydrogen (secondary N) is 2. The van der Waals surface area contributed by atoms with Gasteiger partial charge in [-0.25, -0.2) is 4.79 Å². The molecule has 4 unspecified atom stereocenters. The van der Waals surface area contributed by atoms with Gasteiger partial charge in [0.1, 0.15) is 12.1 Å². The molecule has 4 atom stereocenters. The van der Waals surface area contributed by atoms with Gasteiger partial charge in [-0.15, -0.1) is 0 Å². The van der Waals surface area contributed by atoms with Crippen LogP contribution in [0.3, 0.4) is 0 Å². The second-order valence-electron chi connectivity index (χ2n) is 7.21. The molecule has 29 heavy (non-hydrogen) atoms. The zero-order valence-electron chi connectivity index (χ0n) is 16.7. The van der Waals surface area contributed by atoms with Crippen LogP contribution in [0.2, 0.25) is 0 Å². The lowest BCUT2D eigenvalue weighted by molar-refractivity contribution is -0.148. The lowest BCUT2D eigenvalue weighted by Gasteiger charge is -2.26. The van der Waals surface area contributed by atoms with Crippen LogP contribution in [-0.4, -0.2) is 76.0 Å². The Hall–Kier alpha value is -2.69. The molecular weight excluding hydrogens is 384 g/mol. The van der Waals surface area contributed by atoms with Gasteiger partial charge in [-0.2, -0.15) is 0 Å². The van der Waals surface area contributed by atoms with Crippen LogP contribution in [0, 0.1) is 5.92 Å². The van der Waals surface area contributed by atoms with Gasteiger partial charge in [-0.05, 0) is 25.2 Å². The topological polar surface area (TPSA) is 179 Å². The molecule has 0 saturated carbocycles. The third kappa shape index (κ3) is 7.33. The fraction of sp³-hybridized carbons (Fsp3) is 0.722. The van der Waals surface area contributed by atoms with Crippen LogP contribution >= 0.6 is 0 Å². The van der Waals surface area contributed by atoms with E-state index in [1.54, 1.807) is 6.92 Å². The van der Waals surface area contributed by atoms with Crippen molar-refractivity contribution in [3.05, 3.63) is 0 Å². The summed E-state index contributed by atoms with van der Waals surface area (Å²) >= 11 is 0. The summed E-state index contributed by atoms with van der Waals surface area (Å²) in [6.45, 7) is 3.51. The molecule has 1 heterocycles. The van der Waals surface area contributed by atoms with Crippen molar-refractivity contribution in [1.29, 1.82) is 0 Å². The van der Waals surface area contributed by atoms with Crippen LogP contribution in [0.25, 0.3) is 0 Å². The van der Waals surface area contributed by atoms with Gasteiger partial charge < -0.3 is 31.5 Å².